The molecule has 0 fully saturated rings. The summed E-state index contributed by atoms with van der Waals surface area (Å²) in [5, 5.41) is 14.2. The first-order valence-corrected chi connectivity index (χ1v) is 12.3. The van der Waals surface area contributed by atoms with Gasteiger partial charge in [0, 0.05) is 35.0 Å². The lowest BCUT2D eigenvalue weighted by molar-refractivity contribution is 0.203. The van der Waals surface area contributed by atoms with Gasteiger partial charge in [0.1, 0.15) is 17.9 Å². The van der Waals surface area contributed by atoms with Crippen LogP contribution in [-0.4, -0.2) is 47.9 Å². The molecule has 3 aromatic heterocycles. The quantitative estimate of drug-likeness (QED) is 0.341. The Hall–Kier alpha value is -4.84. The van der Waals surface area contributed by atoms with Crippen molar-refractivity contribution in [2.75, 3.05) is 7.05 Å². The highest BCUT2D eigenvalue weighted by molar-refractivity contribution is 6.31. The number of hydrogen-bond donors (Lipinski definition) is 2. The van der Waals surface area contributed by atoms with Gasteiger partial charge in [0.25, 0.3) is 5.56 Å². The maximum Gasteiger partial charge on any atom is 0.412 e. The van der Waals surface area contributed by atoms with Crippen molar-refractivity contribution in [2.45, 2.75) is 18.9 Å². The summed E-state index contributed by atoms with van der Waals surface area (Å²) in [6.07, 6.45) is 1.95. The fourth-order valence-electron chi connectivity index (χ4n) is 4.80. The molecule has 1 amide bonds. The van der Waals surface area contributed by atoms with Crippen LogP contribution >= 0.6 is 11.6 Å². The lowest BCUT2D eigenvalue weighted by atomic mass is 10.0. The lowest BCUT2D eigenvalue weighted by Gasteiger charge is -2.15. The average molecular weight is 547 g/mol. The second-order valence-electron chi connectivity index (χ2n) is 8.87. The van der Waals surface area contributed by atoms with Gasteiger partial charge in [-0.2, -0.15) is 9.07 Å². The summed E-state index contributed by atoms with van der Waals surface area (Å²) < 4.78 is 23.3. The standard InChI is InChI=1S/C26H20ClFN8O3/c1-29-26(38)39-18-6-2-14(3-7-18)25-31-23(24(28)32-25)21-9-5-17-10-15(11-22(37)36(17)21)19-12-16(27)4-8-20(19)35-13-30-33-34-35/h2-4,6-8,10-13,21H,5,9H2,1H3,(H,29,38)(H,31,32)/t21-/m0/s1. The molecule has 0 unspecified atom stereocenters. The van der Waals surface area contributed by atoms with E-state index < -0.39 is 18.1 Å². The Kier molecular flexibility index (Phi) is 6.15. The summed E-state index contributed by atoms with van der Waals surface area (Å²) in [4.78, 5) is 31.9. The monoisotopic (exact) mass is 546 g/mol. The SMILES string of the molecule is CNC(=O)Oc1ccc(-c2nc(F)c([C@@H]3CCc4cc(-c5cc(Cl)ccc5-n5cnnn5)cc(=O)n43)[nH]2)cc1. The minimum atomic E-state index is -0.680. The number of carbonyl (C=O) groups excluding carboxylic acids is 1. The summed E-state index contributed by atoms with van der Waals surface area (Å²) in [7, 11) is 1.46. The molecule has 0 aliphatic carbocycles. The molecular formula is C26H20ClFN8O3. The predicted octanol–water partition coefficient (Wildman–Crippen LogP) is 3.93. The number of ether oxygens (including phenoxy) is 1. The molecule has 2 N–H and O–H groups in total. The minimum absolute atomic E-state index is 0.224. The number of rotatable bonds is 5. The van der Waals surface area contributed by atoms with Crippen molar-refractivity contribution >= 4 is 17.7 Å². The number of halogens is 2. The van der Waals surface area contributed by atoms with Crippen molar-refractivity contribution < 1.29 is 13.9 Å². The number of aryl methyl sites for hydroxylation is 1. The normalized spacial score (nSPS) is 14.3. The van der Waals surface area contributed by atoms with Crippen LogP contribution in [0, 0.1) is 5.95 Å². The van der Waals surface area contributed by atoms with Gasteiger partial charge in [0.2, 0.25) is 5.95 Å². The van der Waals surface area contributed by atoms with Gasteiger partial charge < -0.3 is 19.6 Å². The van der Waals surface area contributed by atoms with Gasteiger partial charge in [-0.25, -0.2) is 9.78 Å². The van der Waals surface area contributed by atoms with E-state index in [1.807, 2.05) is 6.07 Å². The Morgan fingerprint density at radius 1 is 1.15 bits per heavy atom. The van der Waals surface area contributed by atoms with Crippen LogP contribution in [0.1, 0.15) is 23.9 Å². The number of aromatic amines is 1. The highest BCUT2D eigenvalue weighted by atomic mass is 35.5. The van der Waals surface area contributed by atoms with E-state index in [1.165, 1.54) is 24.1 Å². The Morgan fingerprint density at radius 2 is 1.97 bits per heavy atom. The van der Waals surface area contributed by atoms with Gasteiger partial charge in [0.05, 0.1) is 17.4 Å². The third-order valence-electron chi connectivity index (χ3n) is 6.56. The van der Waals surface area contributed by atoms with Crippen molar-refractivity contribution in [1.29, 1.82) is 0 Å². The third-order valence-corrected chi connectivity index (χ3v) is 6.80. The topological polar surface area (TPSA) is 133 Å². The second kappa shape index (κ2) is 9.80. The molecule has 4 heterocycles. The fraction of sp³-hybridized carbons (Fsp3) is 0.154. The molecule has 0 saturated carbocycles. The van der Waals surface area contributed by atoms with Gasteiger partial charge >= 0.3 is 6.09 Å². The number of nitrogens with one attached hydrogen (secondary N) is 2. The van der Waals surface area contributed by atoms with Gasteiger partial charge in [-0.05, 0) is 77.4 Å². The zero-order valence-corrected chi connectivity index (χ0v) is 21.2. The Morgan fingerprint density at radius 3 is 2.72 bits per heavy atom. The number of aromatic nitrogens is 7. The smallest absolute Gasteiger partial charge is 0.410 e. The van der Waals surface area contributed by atoms with Crippen molar-refractivity contribution in [3.05, 3.63) is 93.6 Å². The first-order valence-electron chi connectivity index (χ1n) is 12.0. The molecule has 0 saturated heterocycles. The fourth-order valence-corrected chi connectivity index (χ4v) is 4.97. The molecule has 0 radical (unpaired) electrons. The van der Waals surface area contributed by atoms with E-state index in [-0.39, 0.29) is 11.3 Å². The molecule has 11 nitrogen and oxygen atoms in total. The van der Waals surface area contributed by atoms with E-state index in [9.17, 15) is 9.59 Å². The molecule has 196 valence electrons. The van der Waals surface area contributed by atoms with Crippen molar-refractivity contribution in [2.24, 2.45) is 0 Å². The van der Waals surface area contributed by atoms with Crippen molar-refractivity contribution in [1.82, 2.24) is 40.1 Å². The number of amides is 1. The molecule has 6 rings (SSSR count). The number of nitrogens with zero attached hydrogens (tertiary/aromatic N) is 6. The van der Waals surface area contributed by atoms with Crippen LogP contribution in [0.3, 0.4) is 0 Å². The summed E-state index contributed by atoms with van der Waals surface area (Å²) in [6.45, 7) is 0. The van der Waals surface area contributed by atoms with Crippen LogP contribution in [-0.2, 0) is 6.42 Å². The summed E-state index contributed by atoms with van der Waals surface area (Å²) >= 11 is 6.27. The van der Waals surface area contributed by atoms with Crippen LogP contribution < -0.4 is 15.6 Å². The molecule has 2 aromatic carbocycles. The Bertz CT molecular complexity index is 1750. The maximum atomic E-state index is 15.1. The first-order chi connectivity index (χ1) is 18.9. The molecule has 1 aliphatic heterocycles. The van der Waals surface area contributed by atoms with Crippen LogP contribution in [0.15, 0.2) is 65.7 Å². The van der Waals surface area contributed by atoms with Gasteiger partial charge in [0.15, 0.2) is 0 Å². The highest BCUT2D eigenvalue weighted by Crippen LogP contribution is 2.35. The molecule has 1 atom stereocenters. The van der Waals surface area contributed by atoms with E-state index in [2.05, 4.69) is 30.8 Å². The number of benzene rings is 2. The lowest BCUT2D eigenvalue weighted by Crippen LogP contribution is -2.24. The van der Waals surface area contributed by atoms with Crippen molar-refractivity contribution in [3.63, 3.8) is 0 Å². The number of pyridine rings is 1. The minimum Gasteiger partial charge on any atom is -0.410 e. The highest BCUT2D eigenvalue weighted by Gasteiger charge is 2.30. The van der Waals surface area contributed by atoms with Crippen LogP contribution in [0.4, 0.5) is 9.18 Å². The summed E-state index contributed by atoms with van der Waals surface area (Å²) in [6, 6.07) is 14.6. The molecule has 5 aromatic rings. The van der Waals surface area contributed by atoms with Crippen LogP contribution in [0.2, 0.25) is 5.02 Å². The number of imidazole rings is 1. The molecule has 0 spiro atoms. The molecular weight excluding hydrogens is 527 g/mol. The average Bonchev–Trinajstić information content (AvgIpc) is 3.69. The van der Waals surface area contributed by atoms with E-state index in [1.54, 1.807) is 47.0 Å². The Balaban J connectivity index is 1.33. The zero-order valence-electron chi connectivity index (χ0n) is 20.4. The molecule has 0 bridgehead atoms. The van der Waals surface area contributed by atoms with E-state index in [4.69, 9.17) is 16.3 Å². The van der Waals surface area contributed by atoms with Crippen LogP contribution in [0.25, 0.3) is 28.2 Å². The number of carbonyl (C=O) groups is 1. The van der Waals surface area contributed by atoms with Gasteiger partial charge in [-0.1, -0.05) is 11.6 Å². The van der Waals surface area contributed by atoms with Gasteiger partial charge in [-0.15, -0.1) is 5.10 Å². The van der Waals surface area contributed by atoms with E-state index >= 15 is 4.39 Å². The number of hydrogen-bond acceptors (Lipinski definition) is 7. The first kappa shape index (κ1) is 24.5. The third kappa shape index (κ3) is 4.55. The molecule has 1 aliphatic rings. The number of tetrazole rings is 1. The molecule has 13 heteroatoms. The largest absolute Gasteiger partial charge is 0.412 e. The molecule has 39 heavy (non-hydrogen) atoms. The Labute approximate surface area is 225 Å². The number of fused-ring (bicyclic) bond motifs is 1. The van der Waals surface area contributed by atoms with Crippen LogP contribution in [0.5, 0.6) is 5.75 Å². The summed E-state index contributed by atoms with van der Waals surface area (Å²) in [5.41, 5.74) is 3.32. The number of H-pyrrole nitrogens is 1. The van der Waals surface area contributed by atoms with Gasteiger partial charge in [-0.3, -0.25) is 4.79 Å². The van der Waals surface area contributed by atoms with Crippen molar-refractivity contribution in [3.8, 4) is 34.0 Å². The summed E-state index contributed by atoms with van der Waals surface area (Å²) in [5.74, 6) is -0.0437. The van der Waals surface area contributed by atoms with E-state index in [0.29, 0.717) is 51.8 Å². The second-order valence-corrected chi connectivity index (χ2v) is 9.30. The zero-order chi connectivity index (χ0) is 27.1. The maximum absolute atomic E-state index is 15.1. The predicted molar refractivity (Wildman–Crippen MR) is 139 cm³/mol. The van der Waals surface area contributed by atoms with E-state index in [0.717, 1.165) is 5.69 Å².